The molecular weight excluding hydrogens is 344 g/mol. The second-order valence-corrected chi connectivity index (χ2v) is 7.64. The molecule has 0 spiro atoms. The van der Waals surface area contributed by atoms with Crippen LogP contribution >= 0.6 is 0 Å². The molecule has 1 aliphatic heterocycles. The van der Waals surface area contributed by atoms with E-state index in [-0.39, 0.29) is 30.1 Å². The molecule has 1 saturated carbocycles. The van der Waals surface area contributed by atoms with Crippen LogP contribution in [0.1, 0.15) is 44.1 Å². The molecule has 2 aliphatic rings. The zero-order valence-electron chi connectivity index (χ0n) is 15.7. The quantitative estimate of drug-likeness (QED) is 0.761. The van der Waals surface area contributed by atoms with E-state index in [2.05, 4.69) is 0 Å². The number of carbonyl (C=O) groups is 3. The number of piperidine rings is 1. The van der Waals surface area contributed by atoms with Crippen molar-refractivity contribution in [2.75, 3.05) is 19.6 Å². The van der Waals surface area contributed by atoms with Crippen molar-refractivity contribution in [2.45, 2.75) is 45.1 Å². The van der Waals surface area contributed by atoms with Gasteiger partial charge in [0.05, 0.1) is 5.92 Å². The smallest absolute Gasteiger partial charge is 0.303 e. The highest BCUT2D eigenvalue weighted by atomic mass is 16.4. The fourth-order valence-electron chi connectivity index (χ4n) is 3.72. The summed E-state index contributed by atoms with van der Waals surface area (Å²) in [5.41, 5.74) is 1.03. The lowest BCUT2D eigenvalue weighted by Gasteiger charge is -2.35. The van der Waals surface area contributed by atoms with E-state index in [4.69, 9.17) is 5.11 Å². The Labute approximate surface area is 160 Å². The SMILES string of the molecule is O=C(O)CCCN(Cc1ccccc1)C(=O)C1CCCN(C(=O)C2CC2)C1. The maximum Gasteiger partial charge on any atom is 0.303 e. The molecule has 0 bridgehead atoms. The number of likely N-dealkylation sites (tertiary alicyclic amines) is 1. The first kappa shape index (κ1) is 19.4. The molecule has 1 atom stereocenters. The number of hydrogen-bond donors (Lipinski definition) is 1. The van der Waals surface area contributed by atoms with Gasteiger partial charge in [-0.2, -0.15) is 0 Å². The van der Waals surface area contributed by atoms with Crippen LogP contribution in [0, 0.1) is 11.8 Å². The van der Waals surface area contributed by atoms with Gasteiger partial charge in [0, 0.05) is 38.5 Å². The minimum atomic E-state index is -0.846. The first-order valence-corrected chi connectivity index (χ1v) is 9.88. The minimum Gasteiger partial charge on any atom is -0.481 e. The Morgan fingerprint density at radius 2 is 1.81 bits per heavy atom. The van der Waals surface area contributed by atoms with E-state index in [0.717, 1.165) is 37.8 Å². The van der Waals surface area contributed by atoms with Crippen molar-refractivity contribution < 1.29 is 19.5 Å². The Hall–Kier alpha value is -2.37. The zero-order chi connectivity index (χ0) is 19.2. The van der Waals surface area contributed by atoms with Gasteiger partial charge in [-0.1, -0.05) is 30.3 Å². The lowest BCUT2D eigenvalue weighted by Crippen LogP contribution is -2.47. The van der Waals surface area contributed by atoms with E-state index in [1.165, 1.54) is 0 Å². The molecule has 6 heteroatoms. The van der Waals surface area contributed by atoms with Crippen LogP contribution < -0.4 is 0 Å². The first-order chi connectivity index (χ1) is 13.0. The number of amides is 2. The highest BCUT2D eigenvalue weighted by Crippen LogP contribution is 2.32. The van der Waals surface area contributed by atoms with Crippen LogP contribution in [-0.4, -0.2) is 52.3 Å². The van der Waals surface area contributed by atoms with Gasteiger partial charge >= 0.3 is 5.97 Å². The van der Waals surface area contributed by atoms with Crippen LogP contribution in [0.25, 0.3) is 0 Å². The highest BCUT2D eigenvalue weighted by molar-refractivity contribution is 5.83. The number of nitrogens with zero attached hydrogens (tertiary/aromatic N) is 2. The Morgan fingerprint density at radius 3 is 2.48 bits per heavy atom. The van der Waals surface area contributed by atoms with E-state index < -0.39 is 5.97 Å². The van der Waals surface area contributed by atoms with Crippen LogP contribution in [0.2, 0.25) is 0 Å². The first-order valence-electron chi connectivity index (χ1n) is 9.88. The molecule has 3 rings (SSSR count). The summed E-state index contributed by atoms with van der Waals surface area (Å²) >= 11 is 0. The van der Waals surface area contributed by atoms with Crippen LogP contribution in [0.4, 0.5) is 0 Å². The van der Waals surface area contributed by atoms with E-state index >= 15 is 0 Å². The van der Waals surface area contributed by atoms with Gasteiger partial charge in [-0.05, 0) is 37.7 Å². The molecule has 1 aromatic rings. The monoisotopic (exact) mass is 372 g/mol. The molecule has 6 nitrogen and oxygen atoms in total. The van der Waals surface area contributed by atoms with Crippen molar-refractivity contribution in [3.05, 3.63) is 35.9 Å². The van der Waals surface area contributed by atoms with Crippen molar-refractivity contribution in [2.24, 2.45) is 11.8 Å². The maximum atomic E-state index is 13.2. The van der Waals surface area contributed by atoms with Gasteiger partial charge < -0.3 is 14.9 Å². The van der Waals surface area contributed by atoms with Crippen LogP contribution in [0.15, 0.2) is 30.3 Å². The Bertz CT molecular complexity index is 672. The highest BCUT2D eigenvalue weighted by Gasteiger charge is 2.37. The lowest BCUT2D eigenvalue weighted by atomic mass is 9.95. The Kier molecular flexibility index (Phi) is 6.48. The van der Waals surface area contributed by atoms with Gasteiger partial charge in [0.25, 0.3) is 0 Å². The van der Waals surface area contributed by atoms with Crippen LogP contribution in [0.5, 0.6) is 0 Å². The Morgan fingerprint density at radius 1 is 1.07 bits per heavy atom. The molecule has 1 N–H and O–H groups in total. The number of hydrogen-bond acceptors (Lipinski definition) is 3. The van der Waals surface area contributed by atoms with Crippen LogP contribution in [0.3, 0.4) is 0 Å². The van der Waals surface area contributed by atoms with E-state index in [1.807, 2.05) is 35.2 Å². The average Bonchev–Trinajstić information content (AvgIpc) is 3.52. The number of carboxylic acids is 1. The van der Waals surface area contributed by atoms with E-state index in [9.17, 15) is 14.4 Å². The summed E-state index contributed by atoms with van der Waals surface area (Å²) in [7, 11) is 0. The third kappa shape index (κ3) is 5.55. The molecule has 0 aromatic heterocycles. The number of benzene rings is 1. The normalized spacial score (nSPS) is 19.6. The average molecular weight is 372 g/mol. The second kappa shape index (κ2) is 9.02. The molecule has 1 saturated heterocycles. The van der Waals surface area contributed by atoms with Gasteiger partial charge in [-0.3, -0.25) is 14.4 Å². The van der Waals surface area contributed by atoms with Gasteiger partial charge in [0.15, 0.2) is 0 Å². The molecule has 1 aromatic carbocycles. The van der Waals surface area contributed by atoms with Crippen molar-refractivity contribution in [3.8, 4) is 0 Å². The lowest BCUT2D eigenvalue weighted by molar-refractivity contribution is -0.143. The van der Waals surface area contributed by atoms with Gasteiger partial charge in [-0.25, -0.2) is 0 Å². The third-order valence-corrected chi connectivity index (χ3v) is 5.36. The molecule has 2 amide bonds. The van der Waals surface area contributed by atoms with Crippen molar-refractivity contribution in [1.82, 2.24) is 9.80 Å². The summed E-state index contributed by atoms with van der Waals surface area (Å²) < 4.78 is 0. The summed E-state index contributed by atoms with van der Waals surface area (Å²) in [5.74, 6) is -0.615. The third-order valence-electron chi connectivity index (χ3n) is 5.36. The minimum absolute atomic E-state index is 0.0394. The van der Waals surface area contributed by atoms with Gasteiger partial charge in [0.2, 0.25) is 11.8 Å². The molecule has 146 valence electrons. The fraction of sp³-hybridized carbons (Fsp3) is 0.571. The number of rotatable bonds is 8. The fourth-order valence-corrected chi connectivity index (χ4v) is 3.72. The molecular formula is C21H28N2O4. The zero-order valence-corrected chi connectivity index (χ0v) is 15.7. The number of aliphatic carboxylic acids is 1. The summed E-state index contributed by atoms with van der Waals surface area (Å²) in [6.45, 7) is 2.15. The molecule has 2 fully saturated rings. The maximum absolute atomic E-state index is 13.2. The van der Waals surface area contributed by atoms with E-state index in [1.54, 1.807) is 4.90 Å². The van der Waals surface area contributed by atoms with Crippen LogP contribution in [-0.2, 0) is 20.9 Å². The molecule has 1 unspecified atom stereocenters. The largest absolute Gasteiger partial charge is 0.481 e. The topological polar surface area (TPSA) is 77.9 Å². The summed E-state index contributed by atoms with van der Waals surface area (Å²) in [4.78, 5) is 40.0. The summed E-state index contributed by atoms with van der Waals surface area (Å²) in [6.07, 6.45) is 4.08. The molecule has 1 aliphatic carbocycles. The summed E-state index contributed by atoms with van der Waals surface area (Å²) in [5, 5.41) is 8.91. The van der Waals surface area contributed by atoms with Gasteiger partial charge in [-0.15, -0.1) is 0 Å². The van der Waals surface area contributed by atoms with Crippen molar-refractivity contribution in [3.63, 3.8) is 0 Å². The molecule has 0 radical (unpaired) electrons. The Balaban J connectivity index is 1.64. The molecule has 1 heterocycles. The van der Waals surface area contributed by atoms with Crippen molar-refractivity contribution in [1.29, 1.82) is 0 Å². The standard InChI is InChI=1S/C21H28N2O4/c24-19(25)9-5-13-22(14-16-6-2-1-3-7-16)21(27)18-8-4-12-23(15-18)20(26)17-10-11-17/h1-3,6-7,17-18H,4-5,8-15H2,(H,24,25). The number of carbonyl (C=O) groups excluding carboxylic acids is 2. The van der Waals surface area contributed by atoms with E-state index in [0.29, 0.717) is 26.1 Å². The second-order valence-electron chi connectivity index (χ2n) is 7.64. The van der Waals surface area contributed by atoms with Crippen molar-refractivity contribution >= 4 is 17.8 Å². The van der Waals surface area contributed by atoms with Gasteiger partial charge in [0.1, 0.15) is 0 Å². The molecule has 27 heavy (non-hydrogen) atoms. The predicted molar refractivity (Wildman–Crippen MR) is 101 cm³/mol. The summed E-state index contributed by atoms with van der Waals surface area (Å²) in [6, 6.07) is 9.75. The number of carboxylic acid groups (broad SMARTS) is 1. The predicted octanol–water partition coefficient (Wildman–Crippen LogP) is 2.53.